The van der Waals surface area contributed by atoms with E-state index in [1.165, 1.54) is 24.5 Å². The summed E-state index contributed by atoms with van der Waals surface area (Å²) in [7, 11) is -3.06. The number of methoxy groups -OCH3 is 1. The molecule has 0 bridgehead atoms. The van der Waals surface area contributed by atoms with Gasteiger partial charge in [-0.3, -0.25) is 4.57 Å². The molecule has 9 heteroatoms. The predicted octanol–water partition coefficient (Wildman–Crippen LogP) is 3.65. The molecule has 0 amide bonds. The van der Waals surface area contributed by atoms with E-state index in [9.17, 15) is 19.5 Å². The van der Waals surface area contributed by atoms with E-state index >= 15 is 0 Å². The van der Waals surface area contributed by atoms with Gasteiger partial charge >= 0.3 is 7.60 Å². The fourth-order valence-electron chi connectivity index (χ4n) is 2.68. The molecular formula is C17H19N2O5PS. The third-order valence-corrected chi connectivity index (χ3v) is 6.33. The third-order valence-electron chi connectivity index (χ3n) is 4.04. The first-order valence-electron chi connectivity index (χ1n) is 7.81. The minimum Gasteiger partial charge on any atom is -0.504 e. The number of anilines is 1. The van der Waals surface area contributed by atoms with Crippen molar-refractivity contribution in [2.45, 2.75) is 12.6 Å². The maximum atomic E-state index is 12.1. The van der Waals surface area contributed by atoms with Gasteiger partial charge in [0.25, 0.3) is 0 Å². The Morgan fingerprint density at radius 2 is 2.04 bits per heavy atom. The number of nitrogens with one attached hydrogen (secondary N) is 1. The average molecular weight is 394 g/mol. The number of thiazole rings is 1. The lowest BCUT2D eigenvalue weighted by Crippen LogP contribution is -2.13. The summed E-state index contributed by atoms with van der Waals surface area (Å²) in [5.41, 5.74) is 0.606. The SMILES string of the molecule is COc1cc(C(CNc2nc3ccccc3s2)P(=O)(O)O)cc(C)c1O. The summed E-state index contributed by atoms with van der Waals surface area (Å²) >= 11 is 1.42. The van der Waals surface area contributed by atoms with E-state index in [1.54, 1.807) is 13.0 Å². The molecule has 7 nitrogen and oxygen atoms in total. The number of phenols is 1. The zero-order valence-electron chi connectivity index (χ0n) is 14.2. The van der Waals surface area contributed by atoms with Crippen molar-refractivity contribution >= 4 is 34.3 Å². The van der Waals surface area contributed by atoms with Crippen LogP contribution < -0.4 is 10.1 Å². The number of aryl methyl sites for hydroxylation is 1. The van der Waals surface area contributed by atoms with Crippen molar-refractivity contribution in [3.63, 3.8) is 0 Å². The van der Waals surface area contributed by atoms with Crippen molar-refractivity contribution in [3.8, 4) is 11.5 Å². The Morgan fingerprint density at radius 3 is 2.69 bits per heavy atom. The van der Waals surface area contributed by atoms with Crippen LogP contribution in [-0.2, 0) is 4.57 Å². The van der Waals surface area contributed by atoms with Crippen LogP contribution in [0.3, 0.4) is 0 Å². The molecule has 0 spiro atoms. The molecule has 1 atom stereocenters. The number of hydrogen-bond donors (Lipinski definition) is 4. The highest BCUT2D eigenvalue weighted by Gasteiger charge is 2.31. The molecule has 3 rings (SSSR count). The molecule has 1 aromatic heterocycles. The maximum absolute atomic E-state index is 12.1. The first kappa shape index (κ1) is 18.7. The van der Waals surface area contributed by atoms with Crippen LogP contribution in [0.5, 0.6) is 11.5 Å². The molecule has 2 aromatic carbocycles. The highest BCUT2D eigenvalue weighted by molar-refractivity contribution is 7.52. The monoisotopic (exact) mass is 394 g/mol. The lowest BCUT2D eigenvalue weighted by atomic mass is 10.1. The second kappa shape index (κ2) is 7.25. The number of hydrogen-bond acceptors (Lipinski definition) is 6. The molecule has 0 fully saturated rings. The van der Waals surface area contributed by atoms with Crippen LogP contribution in [0.4, 0.5) is 5.13 Å². The summed E-state index contributed by atoms with van der Waals surface area (Å²) in [4.78, 5) is 24.1. The lowest BCUT2D eigenvalue weighted by Gasteiger charge is -2.21. The zero-order valence-corrected chi connectivity index (χ0v) is 15.9. The summed E-state index contributed by atoms with van der Waals surface area (Å²) in [6.07, 6.45) is 0. The van der Waals surface area contributed by atoms with Gasteiger partial charge in [0.05, 0.1) is 17.3 Å². The molecule has 1 unspecified atom stereocenters. The van der Waals surface area contributed by atoms with Gasteiger partial charge < -0.3 is 24.9 Å². The van der Waals surface area contributed by atoms with Crippen molar-refractivity contribution in [1.29, 1.82) is 0 Å². The first-order valence-corrected chi connectivity index (χ1v) is 10.3. The van der Waals surface area contributed by atoms with Gasteiger partial charge in [-0.15, -0.1) is 0 Å². The highest BCUT2D eigenvalue weighted by atomic mass is 32.1. The minimum absolute atomic E-state index is 0.00251. The molecule has 0 aliphatic carbocycles. The predicted molar refractivity (Wildman–Crippen MR) is 102 cm³/mol. The summed E-state index contributed by atoms with van der Waals surface area (Å²) in [5, 5.41) is 13.6. The minimum atomic E-state index is -4.46. The summed E-state index contributed by atoms with van der Waals surface area (Å²) in [5.74, 6) is 0.137. The first-order chi connectivity index (χ1) is 12.3. The van der Waals surface area contributed by atoms with Crippen LogP contribution >= 0.6 is 18.9 Å². The lowest BCUT2D eigenvalue weighted by molar-refractivity contribution is 0.358. The van der Waals surface area contributed by atoms with E-state index in [-0.39, 0.29) is 18.0 Å². The molecular weight excluding hydrogens is 375 g/mol. The fourth-order valence-corrected chi connectivity index (χ4v) is 4.42. The standard InChI is InChI=1S/C17H19N2O5PS/c1-10-7-11(8-13(24-2)16(10)20)14(25(21,22)23)9-18-17-19-12-5-3-4-6-15(12)26-17/h3-8,14,20H,9H2,1-2H3,(H,18,19)(H2,21,22,23). The summed E-state index contributed by atoms with van der Waals surface area (Å²) in [6, 6.07) is 10.6. The van der Waals surface area contributed by atoms with E-state index in [2.05, 4.69) is 10.3 Å². The molecule has 0 saturated carbocycles. The molecule has 0 aliphatic heterocycles. The van der Waals surface area contributed by atoms with Crippen LogP contribution in [-0.4, -0.2) is 33.5 Å². The Morgan fingerprint density at radius 1 is 1.31 bits per heavy atom. The van der Waals surface area contributed by atoms with Gasteiger partial charge in [-0.05, 0) is 36.2 Å². The molecule has 1 heterocycles. The molecule has 138 valence electrons. The molecule has 3 aromatic rings. The number of fused-ring (bicyclic) bond motifs is 1. The van der Waals surface area contributed by atoms with E-state index in [0.29, 0.717) is 16.3 Å². The molecule has 4 N–H and O–H groups in total. The second-order valence-electron chi connectivity index (χ2n) is 5.86. The largest absolute Gasteiger partial charge is 0.504 e. The smallest absolute Gasteiger partial charge is 0.334 e. The number of ether oxygens (including phenoxy) is 1. The zero-order chi connectivity index (χ0) is 18.9. The third kappa shape index (κ3) is 3.83. The van der Waals surface area contributed by atoms with Crippen LogP contribution in [0.25, 0.3) is 10.2 Å². The molecule has 26 heavy (non-hydrogen) atoms. The Hall–Kier alpha value is -2.12. The van der Waals surface area contributed by atoms with Gasteiger partial charge in [0.1, 0.15) is 5.66 Å². The van der Waals surface area contributed by atoms with Gasteiger partial charge in [-0.25, -0.2) is 4.98 Å². The average Bonchev–Trinajstić information content (AvgIpc) is 2.99. The van der Waals surface area contributed by atoms with Crippen molar-refractivity contribution in [2.75, 3.05) is 19.0 Å². The summed E-state index contributed by atoms with van der Waals surface area (Å²) in [6.45, 7) is 1.65. The number of para-hydroxylation sites is 1. The Labute approximate surface area is 154 Å². The van der Waals surface area contributed by atoms with Crippen LogP contribution in [0.1, 0.15) is 16.8 Å². The van der Waals surface area contributed by atoms with Gasteiger partial charge in [0.2, 0.25) is 0 Å². The van der Waals surface area contributed by atoms with Gasteiger partial charge in [-0.2, -0.15) is 0 Å². The van der Waals surface area contributed by atoms with E-state index in [4.69, 9.17) is 4.74 Å². The number of aromatic hydroxyl groups is 1. The topological polar surface area (TPSA) is 112 Å². The Bertz CT molecular complexity index is 951. The maximum Gasteiger partial charge on any atom is 0.334 e. The van der Waals surface area contributed by atoms with E-state index in [0.717, 1.165) is 10.2 Å². The Kier molecular flexibility index (Phi) is 5.20. The van der Waals surface area contributed by atoms with Crippen LogP contribution in [0, 0.1) is 6.92 Å². The van der Waals surface area contributed by atoms with Crippen molar-refractivity contribution in [2.24, 2.45) is 0 Å². The number of phenolic OH excluding ortho intramolecular Hbond substituents is 1. The molecule has 0 saturated heterocycles. The number of rotatable bonds is 6. The van der Waals surface area contributed by atoms with E-state index in [1.807, 2.05) is 24.3 Å². The normalized spacial score (nSPS) is 12.9. The van der Waals surface area contributed by atoms with Gasteiger partial charge in [0, 0.05) is 6.54 Å². The number of nitrogens with zero attached hydrogens (tertiary/aromatic N) is 1. The quantitative estimate of drug-likeness (QED) is 0.472. The van der Waals surface area contributed by atoms with Gasteiger partial charge in [0.15, 0.2) is 16.6 Å². The molecule has 0 radical (unpaired) electrons. The molecule has 0 aliphatic rings. The number of benzene rings is 2. The van der Waals surface area contributed by atoms with Crippen molar-refractivity contribution in [3.05, 3.63) is 47.5 Å². The highest BCUT2D eigenvalue weighted by Crippen LogP contribution is 2.53. The van der Waals surface area contributed by atoms with Crippen LogP contribution in [0.15, 0.2) is 36.4 Å². The van der Waals surface area contributed by atoms with E-state index < -0.39 is 13.3 Å². The fraction of sp³-hybridized carbons (Fsp3) is 0.235. The second-order valence-corrected chi connectivity index (χ2v) is 8.69. The van der Waals surface area contributed by atoms with Crippen molar-refractivity contribution < 1.29 is 24.2 Å². The number of aromatic nitrogens is 1. The van der Waals surface area contributed by atoms with Crippen molar-refractivity contribution in [1.82, 2.24) is 4.98 Å². The summed E-state index contributed by atoms with van der Waals surface area (Å²) < 4.78 is 18.1. The van der Waals surface area contributed by atoms with Crippen LogP contribution in [0.2, 0.25) is 0 Å². The Balaban J connectivity index is 1.89. The van der Waals surface area contributed by atoms with Gasteiger partial charge in [-0.1, -0.05) is 29.5 Å².